The third-order valence-corrected chi connectivity index (χ3v) is 2.55. The van der Waals surface area contributed by atoms with Gasteiger partial charge in [-0.05, 0) is 12.1 Å². The van der Waals surface area contributed by atoms with Gasteiger partial charge in [0.25, 0.3) is 5.56 Å². The van der Waals surface area contributed by atoms with Gasteiger partial charge in [-0.15, -0.1) is 0 Å². The van der Waals surface area contributed by atoms with E-state index in [0.29, 0.717) is 0 Å². The first-order valence-electron chi connectivity index (χ1n) is 5.83. The molecule has 7 nitrogen and oxygen atoms in total. The van der Waals surface area contributed by atoms with Gasteiger partial charge in [-0.25, -0.2) is 9.59 Å². The number of hydrogen-bond donors (Lipinski definition) is 4. The lowest BCUT2D eigenvalue weighted by Crippen LogP contribution is -2.29. The molecule has 0 aliphatic heterocycles. The molecule has 2 amide bonds. The van der Waals surface area contributed by atoms with E-state index in [-0.39, 0.29) is 5.69 Å². The molecule has 0 spiro atoms. The van der Waals surface area contributed by atoms with E-state index in [1.54, 1.807) is 0 Å². The van der Waals surface area contributed by atoms with Crippen molar-refractivity contribution in [2.75, 3.05) is 10.6 Å². The summed E-state index contributed by atoms with van der Waals surface area (Å²) in [5.74, 6) is 0. The number of rotatable bonds is 2. The van der Waals surface area contributed by atoms with Crippen LogP contribution in [0, 0.1) is 0 Å². The minimum absolute atomic E-state index is 0.318. The average Bonchev–Trinajstić information content (AvgIpc) is 2.41. The van der Waals surface area contributed by atoms with Gasteiger partial charge >= 0.3 is 17.9 Å². The summed E-state index contributed by atoms with van der Waals surface area (Å²) in [4.78, 5) is 37.8. The molecule has 2 aromatic rings. The smallest absolute Gasteiger partial charge is 0.312 e. The van der Waals surface area contributed by atoms with Crippen molar-refractivity contribution in [3.05, 3.63) is 56.9 Å². The van der Waals surface area contributed by atoms with Crippen molar-refractivity contribution >= 4 is 17.4 Å². The molecule has 0 fully saturated rings. The number of H-pyrrole nitrogens is 2. The lowest BCUT2D eigenvalue weighted by atomic mass is 10.1. The number of nitrogens with one attached hydrogen (secondary N) is 4. The first-order valence-corrected chi connectivity index (χ1v) is 5.83. The van der Waals surface area contributed by atoms with Crippen LogP contribution in [0.3, 0.4) is 0 Å². The van der Waals surface area contributed by atoms with E-state index >= 15 is 0 Å². The van der Waals surface area contributed by atoms with E-state index in [1.165, 1.54) is 12.1 Å². The Morgan fingerprint density at radius 1 is 1.05 bits per heavy atom. The Balaban J connectivity index is 2.20. The van der Waals surface area contributed by atoms with Gasteiger partial charge in [0.05, 0.1) is 11.3 Å². The number of urea groups is 1. The standard InChI is InChI=1S/C12H9F3N4O3/c13-12(14,15)6-3-1-2-4-7(6)17-11(22)18-8-5-16-10(21)19-9(8)20/h1-5H,(H2,17,18,22)(H2,16,19,20,21). The van der Waals surface area contributed by atoms with Gasteiger partial charge in [-0.1, -0.05) is 12.1 Å². The molecule has 1 aromatic carbocycles. The highest BCUT2D eigenvalue weighted by atomic mass is 19.4. The quantitative estimate of drug-likeness (QED) is 0.678. The lowest BCUT2D eigenvalue weighted by Gasteiger charge is -2.13. The zero-order valence-corrected chi connectivity index (χ0v) is 10.7. The number of anilines is 2. The van der Waals surface area contributed by atoms with E-state index in [4.69, 9.17) is 0 Å². The van der Waals surface area contributed by atoms with Crippen LogP contribution in [0.4, 0.5) is 29.3 Å². The third kappa shape index (κ3) is 3.53. The summed E-state index contributed by atoms with van der Waals surface area (Å²) in [5.41, 5.74) is -3.48. The molecular weight excluding hydrogens is 305 g/mol. The van der Waals surface area contributed by atoms with Crippen molar-refractivity contribution in [2.45, 2.75) is 6.18 Å². The first kappa shape index (κ1) is 15.4. The molecule has 4 N–H and O–H groups in total. The fraction of sp³-hybridized carbons (Fsp3) is 0.0833. The van der Waals surface area contributed by atoms with Crippen LogP contribution in [0.2, 0.25) is 0 Å². The second kappa shape index (κ2) is 5.76. The first-order chi connectivity index (χ1) is 10.3. The normalized spacial score (nSPS) is 11.0. The molecule has 2 rings (SSSR count). The molecule has 0 radical (unpaired) electrons. The monoisotopic (exact) mass is 314 g/mol. The maximum Gasteiger partial charge on any atom is 0.418 e. The number of para-hydroxylation sites is 1. The highest BCUT2D eigenvalue weighted by molar-refractivity contribution is 6.00. The molecule has 0 aliphatic carbocycles. The van der Waals surface area contributed by atoms with Crippen molar-refractivity contribution in [1.29, 1.82) is 0 Å². The molecule has 0 aliphatic rings. The number of aromatic nitrogens is 2. The summed E-state index contributed by atoms with van der Waals surface area (Å²) in [6.07, 6.45) is -3.71. The number of alkyl halides is 3. The molecule has 1 heterocycles. The van der Waals surface area contributed by atoms with Crippen LogP contribution in [-0.2, 0) is 6.18 Å². The minimum atomic E-state index is -4.64. The molecule has 0 bridgehead atoms. The van der Waals surface area contributed by atoms with Crippen molar-refractivity contribution < 1.29 is 18.0 Å². The second-order valence-electron chi connectivity index (χ2n) is 4.11. The molecule has 22 heavy (non-hydrogen) atoms. The van der Waals surface area contributed by atoms with Gasteiger partial charge < -0.3 is 15.6 Å². The van der Waals surface area contributed by atoms with Gasteiger partial charge in [-0.3, -0.25) is 9.78 Å². The molecule has 10 heteroatoms. The Kier molecular flexibility index (Phi) is 4.02. The summed E-state index contributed by atoms with van der Waals surface area (Å²) in [5, 5.41) is 4.03. The van der Waals surface area contributed by atoms with Crippen LogP contribution in [0.25, 0.3) is 0 Å². The lowest BCUT2D eigenvalue weighted by molar-refractivity contribution is -0.136. The number of hydrogen-bond acceptors (Lipinski definition) is 3. The van der Waals surface area contributed by atoms with Crippen LogP contribution in [0.1, 0.15) is 5.56 Å². The molecular formula is C12H9F3N4O3. The third-order valence-electron chi connectivity index (χ3n) is 2.55. The highest BCUT2D eigenvalue weighted by Gasteiger charge is 2.33. The van der Waals surface area contributed by atoms with Gasteiger partial charge in [0.1, 0.15) is 5.69 Å². The molecule has 1 aromatic heterocycles. The van der Waals surface area contributed by atoms with Gasteiger partial charge in [0.15, 0.2) is 0 Å². The Bertz CT molecular complexity index is 810. The minimum Gasteiger partial charge on any atom is -0.312 e. The van der Waals surface area contributed by atoms with Gasteiger partial charge in [0, 0.05) is 6.20 Å². The van der Waals surface area contributed by atoms with E-state index in [9.17, 15) is 27.6 Å². The van der Waals surface area contributed by atoms with Crippen LogP contribution in [0.15, 0.2) is 40.1 Å². The zero-order valence-electron chi connectivity index (χ0n) is 10.7. The maximum atomic E-state index is 12.8. The number of amides is 2. The summed E-state index contributed by atoms with van der Waals surface area (Å²) in [7, 11) is 0. The van der Waals surface area contributed by atoms with Crippen molar-refractivity contribution in [1.82, 2.24) is 9.97 Å². The Morgan fingerprint density at radius 3 is 2.32 bits per heavy atom. The zero-order chi connectivity index (χ0) is 16.3. The Labute approximate surface area is 120 Å². The fourth-order valence-electron chi connectivity index (χ4n) is 1.62. The number of aromatic amines is 2. The summed E-state index contributed by atoms with van der Waals surface area (Å²) in [6.45, 7) is 0. The van der Waals surface area contributed by atoms with Crippen molar-refractivity contribution in [3.63, 3.8) is 0 Å². The molecule has 116 valence electrons. The fourth-order valence-corrected chi connectivity index (χ4v) is 1.62. The van der Waals surface area contributed by atoms with Crippen molar-refractivity contribution in [3.8, 4) is 0 Å². The Hall–Kier alpha value is -3.04. The van der Waals surface area contributed by atoms with E-state index < -0.39 is 34.7 Å². The number of carbonyl (C=O) groups excluding carboxylic acids is 1. The average molecular weight is 314 g/mol. The number of halogens is 3. The van der Waals surface area contributed by atoms with Crippen LogP contribution >= 0.6 is 0 Å². The van der Waals surface area contributed by atoms with E-state index in [2.05, 4.69) is 4.98 Å². The summed E-state index contributed by atoms with van der Waals surface area (Å²) >= 11 is 0. The topological polar surface area (TPSA) is 107 Å². The van der Waals surface area contributed by atoms with E-state index in [1.807, 2.05) is 15.6 Å². The SMILES string of the molecule is O=C(Nc1ccccc1C(F)(F)F)Nc1c[nH]c(=O)[nH]c1=O. The molecule has 0 atom stereocenters. The molecule has 0 unspecified atom stereocenters. The van der Waals surface area contributed by atoms with E-state index in [0.717, 1.165) is 18.3 Å². The molecule has 0 saturated heterocycles. The largest absolute Gasteiger partial charge is 0.418 e. The predicted molar refractivity (Wildman–Crippen MR) is 71.8 cm³/mol. The van der Waals surface area contributed by atoms with Crippen LogP contribution in [-0.4, -0.2) is 16.0 Å². The van der Waals surface area contributed by atoms with Crippen molar-refractivity contribution in [2.24, 2.45) is 0 Å². The number of carbonyl (C=O) groups is 1. The second-order valence-corrected chi connectivity index (χ2v) is 4.11. The maximum absolute atomic E-state index is 12.8. The predicted octanol–water partition coefficient (Wildman–Crippen LogP) is 1.73. The highest BCUT2D eigenvalue weighted by Crippen LogP contribution is 2.34. The van der Waals surface area contributed by atoms with Crippen LogP contribution in [0.5, 0.6) is 0 Å². The molecule has 0 saturated carbocycles. The van der Waals surface area contributed by atoms with Gasteiger partial charge in [0.2, 0.25) is 0 Å². The number of benzene rings is 1. The summed E-state index contributed by atoms with van der Waals surface area (Å²) in [6, 6.07) is 3.31. The van der Waals surface area contributed by atoms with Crippen LogP contribution < -0.4 is 21.9 Å². The summed E-state index contributed by atoms with van der Waals surface area (Å²) < 4.78 is 38.3. The van der Waals surface area contributed by atoms with Gasteiger partial charge in [-0.2, -0.15) is 13.2 Å². The Morgan fingerprint density at radius 2 is 1.68 bits per heavy atom.